The van der Waals surface area contributed by atoms with Crippen molar-refractivity contribution in [1.82, 2.24) is 0 Å². The van der Waals surface area contributed by atoms with Gasteiger partial charge in [0.25, 0.3) is 0 Å². The fourth-order valence-electron chi connectivity index (χ4n) is 0.944. The molecule has 0 fully saturated rings. The minimum Gasteiger partial charge on any atom is -0.289 e. The molecular weight excluding hydrogens is 191 g/mol. The van der Waals surface area contributed by atoms with E-state index in [9.17, 15) is 9.18 Å². The first kappa shape index (κ1) is 9.93. The van der Waals surface area contributed by atoms with E-state index in [0.717, 1.165) is 12.1 Å². The molecule has 3 heteroatoms. The number of hydrogen-bond acceptors (Lipinski definition) is 1. The highest BCUT2D eigenvalue weighted by atomic mass is 35.5. The molecule has 0 bridgehead atoms. The van der Waals surface area contributed by atoms with Crippen LogP contribution >= 0.6 is 11.6 Å². The molecule has 1 aromatic carbocycles. The van der Waals surface area contributed by atoms with E-state index in [4.69, 9.17) is 11.6 Å². The van der Waals surface area contributed by atoms with E-state index in [0.29, 0.717) is 0 Å². The van der Waals surface area contributed by atoms with Gasteiger partial charge in [0.1, 0.15) is 5.82 Å². The largest absolute Gasteiger partial charge is 0.289 e. The number of ketones is 1. The Bertz CT molecular complexity index is 338. The van der Waals surface area contributed by atoms with Gasteiger partial charge >= 0.3 is 0 Å². The smallest absolute Gasteiger partial charge is 0.185 e. The molecule has 1 aromatic rings. The highest BCUT2D eigenvalue weighted by Gasteiger charge is 2.04. The molecule has 68 valence electrons. The SMILES string of the molecule is CC=CC(=O)c1cc(F)cc(Cl)c1. The summed E-state index contributed by atoms with van der Waals surface area (Å²) in [5, 5.41) is 0.229. The zero-order valence-corrected chi connectivity index (χ0v) is 7.81. The van der Waals surface area contributed by atoms with Crippen molar-refractivity contribution in [2.45, 2.75) is 6.92 Å². The van der Waals surface area contributed by atoms with Crippen LogP contribution in [0.4, 0.5) is 4.39 Å². The second-order valence-corrected chi connectivity index (χ2v) is 2.96. The van der Waals surface area contributed by atoms with Gasteiger partial charge in [-0.3, -0.25) is 4.79 Å². The Morgan fingerprint density at radius 2 is 2.15 bits per heavy atom. The van der Waals surface area contributed by atoms with Crippen LogP contribution in [-0.4, -0.2) is 5.78 Å². The predicted octanol–water partition coefficient (Wildman–Crippen LogP) is 3.24. The van der Waals surface area contributed by atoms with Crippen molar-refractivity contribution in [2.75, 3.05) is 0 Å². The Labute approximate surface area is 80.8 Å². The van der Waals surface area contributed by atoms with Gasteiger partial charge in [-0.25, -0.2) is 4.39 Å². The molecule has 1 rings (SSSR count). The van der Waals surface area contributed by atoms with Gasteiger partial charge in [0, 0.05) is 10.6 Å². The summed E-state index contributed by atoms with van der Waals surface area (Å²) >= 11 is 5.58. The van der Waals surface area contributed by atoms with Gasteiger partial charge in [0.05, 0.1) is 0 Å². The minimum atomic E-state index is -0.500. The standard InChI is InChI=1S/C10H8ClFO/c1-2-3-10(13)7-4-8(11)6-9(12)5-7/h2-6H,1H3. The first-order valence-electron chi connectivity index (χ1n) is 3.76. The van der Waals surface area contributed by atoms with Crippen molar-refractivity contribution in [3.63, 3.8) is 0 Å². The van der Waals surface area contributed by atoms with Crippen LogP contribution in [0.3, 0.4) is 0 Å². The summed E-state index contributed by atoms with van der Waals surface area (Å²) in [4.78, 5) is 11.2. The topological polar surface area (TPSA) is 17.1 Å². The molecule has 0 atom stereocenters. The minimum absolute atomic E-state index is 0.229. The van der Waals surface area contributed by atoms with Crippen LogP contribution in [0.25, 0.3) is 0 Å². The van der Waals surface area contributed by atoms with Gasteiger partial charge in [-0.15, -0.1) is 0 Å². The Balaban J connectivity index is 3.08. The Kier molecular flexibility index (Phi) is 3.20. The maximum atomic E-state index is 12.8. The average molecular weight is 199 g/mol. The van der Waals surface area contributed by atoms with Crippen LogP contribution in [0.1, 0.15) is 17.3 Å². The summed E-state index contributed by atoms with van der Waals surface area (Å²) < 4.78 is 12.8. The number of rotatable bonds is 2. The molecule has 0 aliphatic rings. The zero-order valence-electron chi connectivity index (χ0n) is 7.05. The third-order valence-electron chi connectivity index (χ3n) is 1.47. The van der Waals surface area contributed by atoms with Crippen LogP contribution < -0.4 is 0 Å². The number of allylic oxidation sites excluding steroid dienone is 2. The van der Waals surface area contributed by atoms with E-state index in [1.165, 1.54) is 12.1 Å². The lowest BCUT2D eigenvalue weighted by Gasteiger charge is -1.97. The van der Waals surface area contributed by atoms with Gasteiger partial charge in [0.2, 0.25) is 0 Å². The quantitative estimate of drug-likeness (QED) is 0.527. The summed E-state index contributed by atoms with van der Waals surface area (Å²) in [7, 11) is 0. The van der Waals surface area contributed by atoms with Gasteiger partial charge in [-0.05, 0) is 31.2 Å². The molecule has 0 aliphatic carbocycles. The van der Waals surface area contributed by atoms with Crippen molar-refractivity contribution in [3.05, 3.63) is 46.8 Å². The second kappa shape index (κ2) is 4.19. The average Bonchev–Trinajstić information content (AvgIpc) is 2.03. The Hall–Kier alpha value is -1.15. The third-order valence-corrected chi connectivity index (χ3v) is 1.68. The fourth-order valence-corrected chi connectivity index (χ4v) is 1.17. The molecule has 0 aliphatic heterocycles. The molecule has 0 saturated carbocycles. The van der Waals surface area contributed by atoms with E-state index in [1.807, 2.05) is 0 Å². The summed E-state index contributed by atoms with van der Waals surface area (Å²) in [5.74, 6) is -0.746. The monoisotopic (exact) mass is 198 g/mol. The number of carbonyl (C=O) groups is 1. The molecule has 13 heavy (non-hydrogen) atoms. The van der Waals surface area contributed by atoms with E-state index >= 15 is 0 Å². The molecule has 0 N–H and O–H groups in total. The Morgan fingerprint density at radius 3 is 2.69 bits per heavy atom. The molecular formula is C10H8ClFO. The maximum absolute atomic E-state index is 12.8. The van der Waals surface area contributed by atoms with Crippen LogP contribution in [0.2, 0.25) is 5.02 Å². The first-order valence-corrected chi connectivity index (χ1v) is 4.14. The highest BCUT2D eigenvalue weighted by molar-refractivity contribution is 6.31. The van der Waals surface area contributed by atoms with Crippen LogP contribution in [0.15, 0.2) is 30.4 Å². The van der Waals surface area contributed by atoms with Crippen molar-refractivity contribution in [2.24, 2.45) is 0 Å². The highest BCUT2D eigenvalue weighted by Crippen LogP contribution is 2.14. The molecule has 0 amide bonds. The van der Waals surface area contributed by atoms with Crippen molar-refractivity contribution in [3.8, 4) is 0 Å². The number of halogens is 2. The van der Waals surface area contributed by atoms with Crippen LogP contribution in [-0.2, 0) is 0 Å². The summed E-state index contributed by atoms with van der Waals surface area (Å²) in [6.07, 6.45) is 2.96. The van der Waals surface area contributed by atoms with E-state index in [2.05, 4.69) is 0 Å². The Morgan fingerprint density at radius 1 is 1.46 bits per heavy atom. The predicted molar refractivity (Wildman–Crippen MR) is 50.6 cm³/mol. The number of hydrogen-bond donors (Lipinski definition) is 0. The lowest BCUT2D eigenvalue weighted by Crippen LogP contribution is -1.94. The van der Waals surface area contributed by atoms with E-state index in [1.54, 1.807) is 13.0 Å². The normalized spacial score (nSPS) is 10.7. The van der Waals surface area contributed by atoms with Gasteiger partial charge in [-0.1, -0.05) is 17.7 Å². The molecule has 0 radical (unpaired) electrons. The van der Waals surface area contributed by atoms with E-state index < -0.39 is 5.82 Å². The lowest BCUT2D eigenvalue weighted by molar-refractivity contribution is 0.104. The van der Waals surface area contributed by atoms with Crippen molar-refractivity contribution >= 4 is 17.4 Å². The van der Waals surface area contributed by atoms with Gasteiger partial charge in [0.15, 0.2) is 5.78 Å². The summed E-state index contributed by atoms with van der Waals surface area (Å²) in [6.45, 7) is 1.72. The zero-order chi connectivity index (χ0) is 9.84. The second-order valence-electron chi connectivity index (χ2n) is 2.52. The summed E-state index contributed by atoms with van der Waals surface area (Å²) in [6, 6.07) is 3.76. The molecule has 0 spiro atoms. The molecule has 0 saturated heterocycles. The number of carbonyl (C=O) groups excluding carboxylic acids is 1. The third kappa shape index (κ3) is 2.67. The fraction of sp³-hybridized carbons (Fsp3) is 0.100. The first-order chi connectivity index (χ1) is 6.13. The van der Waals surface area contributed by atoms with E-state index in [-0.39, 0.29) is 16.4 Å². The number of benzene rings is 1. The van der Waals surface area contributed by atoms with Gasteiger partial charge < -0.3 is 0 Å². The molecule has 0 heterocycles. The van der Waals surface area contributed by atoms with Crippen LogP contribution in [0.5, 0.6) is 0 Å². The van der Waals surface area contributed by atoms with Crippen LogP contribution in [0, 0.1) is 5.82 Å². The maximum Gasteiger partial charge on any atom is 0.185 e. The molecule has 1 nitrogen and oxygen atoms in total. The van der Waals surface area contributed by atoms with Crippen molar-refractivity contribution in [1.29, 1.82) is 0 Å². The van der Waals surface area contributed by atoms with Gasteiger partial charge in [-0.2, -0.15) is 0 Å². The molecule has 0 aromatic heterocycles. The van der Waals surface area contributed by atoms with Crippen molar-refractivity contribution < 1.29 is 9.18 Å². The summed E-state index contributed by atoms with van der Waals surface area (Å²) in [5.41, 5.74) is 0.267. The lowest BCUT2D eigenvalue weighted by atomic mass is 10.1. The molecule has 0 unspecified atom stereocenters.